The van der Waals surface area contributed by atoms with Crippen LogP contribution in [0.2, 0.25) is 0 Å². The van der Waals surface area contributed by atoms with Gasteiger partial charge in [0.1, 0.15) is 18.2 Å². The van der Waals surface area contributed by atoms with Gasteiger partial charge in [-0.15, -0.1) is 0 Å². The van der Waals surface area contributed by atoms with Crippen LogP contribution in [0.1, 0.15) is 54.9 Å². The zero-order valence-electron chi connectivity index (χ0n) is 19.8. The van der Waals surface area contributed by atoms with E-state index in [9.17, 15) is 0 Å². The number of nitrogens with zero attached hydrogens (tertiary/aromatic N) is 6. The monoisotopic (exact) mass is 455 g/mol. The number of nitriles is 1. The molecule has 2 aromatic heterocycles. The van der Waals surface area contributed by atoms with Crippen LogP contribution in [0.25, 0.3) is 0 Å². The van der Waals surface area contributed by atoms with E-state index in [0.717, 1.165) is 60.4 Å². The van der Waals surface area contributed by atoms with Crippen molar-refractivity contribution in [1.29, 1.82) is 5.26 Å². The maximum atomic E-state index is 9.11. The fraction of sp³-hybridized carbons (Fsp3) is 0.423. The second-order valence-corrected chi connectivity index (χ2v) is 9.17. The van der Waals surface area contributed by atoms with Gasteiger partial charge in [0.25, 0.3) is 0 Å². The molecule has 2 saturated heterocycles. The summed E-state index contributed by atoms with van der Waals surface area (Å²) in [7, 11) is 0. The van der Waals surface area contributed by atoms with Gasteiger partial charge in [0, 0.05) is 43.0 Å². The van der Waals surface area contributed by atoms with Crippen molar-refractivity contribution in [3.63, 3.8) is 0 Å². The smallest absolute Gasteiger partial charge is 0.225 e. The fourth-order valence-electron chi connectivity index (χ4n) is 5.05. The average Bonchev–Trinajstić information content (AvgIpc) is 3.12. The Balaban J connectivity index is 1.29. The lowest BCUT2D eigenvalue weighted by Gasteiger charge is -2.38. The largest absolute Gasteiger partial charge is 0.474 e. The van der Waals surface area contributed by atoms with Crippen molar-refractivity contribution >= 4 is 17.5 Å². The van der Waals surface area contributed by atoms with Crippen molar-refractivity contribution in [3.8, 4) is 11.9 Å². The van der Waals surface area contributed by atoms with Crippen LogP contribution in [0.4, 0.5) is 17.5 Å². The third-order valence-corrected chi connectivity index (χ3v) is 6.95. The quantitative estimate of drug-likeness (QED) is 0.574. The van der Waals surface area contributed by atoms with Gasteiger partial charge in [-0.25, -0.2) is 19.9 Å². The molecule has 0 aliphatic carbocycles. The molecule has 5 rings (SSSR count). The summed E-state index contributed by atoms with van der Waals surface area (Å²) in [5, 5.41) is 12.5. The Morgan fingerprint density at radius 3 is 2.47 bits per heavy atom. The SMILES string of the molecule is CCc1cnc(N2C3CCC2CC(Oc2ncnc(Nc4ccc(C#N)cc4C)c2C)C3)nc1. The van der Waals surface area contributed by atoms with Crippen LogP contribution >= 0.6 is 0 Å². The number of hydrogen-bond acceptors (Lipinski definition) is 8. The number of piperidine rings is 1. The molecule has 3 aromatic rings. The summed E-state index contributed by atoms with van der Waals surface area (Å²) < 4.78 is 6.43. The summed E-state index contributed by atoms with van der Waals surface area (Å²) in [6.07, 6.45) is 10.6. The minimum absolute atomic E-state index is 0.0989. The van der Waals surface area contributed by atoms with Gasteiger partial charge < -0.3 is 15.0 Å². The molecule has 1 N–H and O–H groups in total. The molecule has 4 heterocycles. The maximum absolute atomic E-state index is 9.11. The van der Waals surface area contributed by atoms with Crippen LogP contribution in [0.5, 0.6) is 5.88 Å². The maximum Gasteiger partial charge on any atom is 0.225 e. The van der Waals surface area contributed by atoms with E-state index in [2.05, 4.69) is 43.1 Å². The lowest BCUT2D eigenvalue weighted by molar-refractivity contribution is 0.142. The van der Waals surface area contributed by atoms with E-state index >= 15 is 0 Å². The van der Waals surface area contributed by atoms with E-state index < -0.39 is 0 Å². The Hall–Kier alpha value is -3.73. The molecule has 0 amide bonds. The number of aromatic nitrogens is 4. The van der Waals surface area contributed by atoms with E-state index in [0.29, 0.717) is 29.3 Å². The topological polar surface area (TPSA) is 99.9 Å². The van der Waals surface area contributed by atoms with Crippen molar-refractivity contribution in [2.45, 2.75) is 71.1 Å². The average molecular weight is 456 g/mol. The molecule has 0 spiro atoms. The van der Waals surface area contributed by atoms with Crippen molar-refractivity contribution in [2.24, 2.45) is 0 Å². The first kappa shape index (κ1) is 22.1. The molecule has 8 nitrogen and oxygen atoms in total. The predicted molar refractivity (Wildman–Crippen MR) is 130 cm³/mol. The molecule has 174 valence electrons. The number of aryl methyl sites for hydroxylation is 2. The van der Waals surface area contributed by atoms with Crippen LogP contribution in [-0.2, 0) is 6.42 Å². The molecule has 1 aromatic carbocycles. The van der Waals surface area contributed by atoms with Crippen molar-refractivity contribution in [2.75, 3.05) is 10.2 Å². The molecule has 2 aliphatic heterocycles. The van der Waals surface area contributed by atoms with E-state index in [1.54, 1.807) is 6.07 Å². The Morgan fingerprint density at radius 1 is 1.09 bits per heavy atom. The van der Waals surface area contributed by atoms with Gasteiger partial charge in [-0.1, -0.05) is 6.92 Å². The number of nitrogens with one attached hydrogen (secondary N) is 1. The molecule has 8 heteroatoms. The van der Waals surface area contributed by atoms with E-state index in [-0.39, 0.29) is 6.10 Å². The predicted octanol–water partition coefficient (Wildman–Crippen LogP) is 4.64. The minimum Gasteiger partial charge on any atom is -0.474 e. The summed E-state index contributed by atoms with van der Waals surface area (Å²) in [6.45, 7) is 6.07. The van der Waals surface area contributed by atoms with Gasteiger partial charge in [-0.3, -0.25) is 0 Å². The van der Waals surface area contributed by atoms with Gasteiger partial charge in [-0.2, -0.15) is 5.26 Å². The molecule has 0 radical (unpaired) electrons. The standard InChI is InChI=1S/C26H29N7O/c1-4-18-13-28-26(29-14-18)33-20-6-7-21(33)11-22(10-20)34-25-17(3)24(30-15-31-25)32-23-8-5-19(12-27)9-16(23)2/h5,8-9,13-15,20-22H,4,6-7,10-11H2,1-3H3,(H,30,31,32). The van der Waals surface area contributed by atoms with Crippen molar-refractivity contribution in [3.05, 3.63) is 59.2 Å². The lowest BCUT2D eigenvalue weighted by Crippen LogP contribution is -2.47. The van der Waals surface area contributed by atoms with Gasteiger partial charge in [0.2, 0.25) is 11.8 Å². The summed E-state index contributed by atoms with van der Waals surface area (Å²) in [5.41, 5.74) is 4.57. The summed E-state index contributed by atoms with van der Waals surface area (Å²) in [6, 6.07) is 8.50. The molecular formula is C26H29N7O. The van der Waals surface area contributed by atoms with Crippen molar-refractivity contribution in [1.82, 2.24) is 19.9 Å². The summed E-state index contributed by atoms with van der Waals surface area (Å²) in [4.78, 5) is 20.5. The molecule has 2 unspecified atom stereocenters. The highest BCUT2D eigenvalue weighted by Crippen LogP contribution is 2.39. The molecule has 34 heavy (non-hydrogen) atoms. The first-order valence-electron chi connectivity index (χ1n) is 11.9. The normalized spacial score (nSPS) is 21.2. The van der Waals surface area contributed by atoms with Crippen LogP contribution in [-0.4, -0.2) is 38.1 Å². The first-order chi connectivity index (χ1) is 16.6. The number of fused-ring (bicyclic) bond motifs is 2. The van der Waals surface area contributed by atoms with E-state index in [4.69, 9.17) is 10.00 Å². The molecule has 2 atom stereocenters. The highest BCUT2D eigenvalue weighted by Gasteiger charge is 2.43. The molecule has 2 bridgehead atoms. The van der Waals surface area contributed by atoms with Crippen LogP contribution in [0.15, 0.2) is 36.9 Å². The zero-order valence-corrected chi connectivity index (χ0v) is 19.8. The molecular weight excluding hydrogens is 426 g/mol. The molecule has 2 fully saturated rings. The Bertz CT molecular complexity index is 1210. The summed E-state index contributed by atoms with van der Waals surface area (Å²) in [5.74, 6) is 2.17. The number of anilines is 3. The Labute approximate surface area is 200 Å². The van der Waals surface area contributed by atoms with Crippen LogP contribution in [0.3, 0.4) is 0 Å². The van der Waals surface area contributed by atoms with Gasteiger partial charge in [-0.05, 0) is 62.4 Å². The fourth-order valence-corrected chi connectivity index (χ4v) is 5.05. The van der Waals surface area contributed by atoms with E-state index in [1.165, 1.54) is 6.33 Å². The third kappa shape index (κ3) is 4.26. The zero-order chi connectivity index (χ0) is 23.7. The second-order valence-electron chi connectivity index (χ2n) is 9.17. The second kappa shape index (κ2) is 9.26. The highest BCUT2D eigenvalue weighted by molar-refractivity contribution is 5.64. The number of rotatable bonds is 6. The Kier molecular flexibility index (Phi) is 6.01. The lowest BCUT2D eigenvalue weighted by atomic mass is 10.00. The van der Waals surface area contributed by atoms with Gasteiger partial charge >= 0.3 is 0 Å². The number of ether oxygens (including phenoxy) is 1. The van der Waals surface area contributed by atoms with Crippen LogP contribution < -0.4 is 15.0 Å². The first-order valence-corrected chi connectivity index (χ1v) is 11.9. The Morgan fingerprint density at radius 2 is 1.82 bits per heavy atom. The van der Waals surface area contributed by atoms with Gasteiger partial charge in [0.05, 0.1) is 17.2 Å². The van der Waals surface area contributed by atoms with Gasteiger partial charge in [0.15, 0.2) is 0 Å². The number of benzene rings is 1. The number of hydrogen-bond donors (Lipinski definition) is 1. The van der Waals surface area contributed by atoms with Crippen molar-refractivity contribution < 1.29 is 4.74 Å². The van der Waals surface area contributed by atoms with Crippen LogP contribution in [0, 0.1) is 25.2 Å². The highest BCUT2D eigenvalue weighted by atomic mass is 16.5. The molecule has 0 saturated carbocycles. The summed E-state index contributed by atoms with van der Waals surface area (Å²) >= 11 is 0. The van der Waals surface area contributed by atoms with E-state index in [1.807, 2.05) is 38.4 Å². The minimum atomic E-state index is 0.0989. The molecule has 2 aliphatic rings. The third-order valence-electron chi connectivity index (χ3n) is 6.95.